The number of para-hydroxylation sites is 1. The zero-order valence-corrected chi connectivity index (χ0v) is 12.4. The van der Waals surface area contributed by atoms with Crippen molar-refractivity contribution in [1.29, 1.82) is 0 Å². The molecule has 6 nitrogen and oxygen atoms in total. The molecular weight excluding hydrogens is 282 g/mol. The molecule has 0 saturated heterocycles. The van der Waals surface area contributed by atoms with Gasteiger partial charge in [-0.3, -0.25) is 14.9 Å². The molecule has 0 aliphatic rings. The first-order valence-electron chi connectivity index (χ1n) is 6.87. The number of nitro groups is 1. The normalized spacial score (nSPS) is 10.3. The van der Waals surface area contributed by atoms with Crippen molar-refractivity contribution in [2.24, 2.45) is 0 Å². The van der Waals surface area contributed by atoms with Crippen LogP contribution in [0.2, 0.25) is 0 Å². The van der Waals surface area contributed by atoms with Crippen LogP contribution >= 0.6 is 0 Å². The number of rotatable bonds is 4. The van der Waals surface area contributed by atoms with Crippen molar-refractivity contribution in [3.05, 3.63) is 63.2 Å². The molecule has 0 aromatic heterocycles. The van der Waals surface area contributed by atoms with Crippen molar-refractivity contribution >= 4 is 23.0 Å². The van der Waals surface area contributed by atoms with Gasteiger partial charge in [-0.2, -0.15) is 0 Å². The van der Waals surface area contributed by atoms with Crippen LogP contribution in [-0.2, 0) is 6.42 Å². The Morgan fingerprint density at radius 2 is 2.05 bits per heavy atom. The minimum Gasteiger partial charge on any atom is -0.393 e. The summed E-state index contributed by atoms with van der Waals surface area (Å²) in [5.41, 5.74) is 8.20. The number of aryl methyl sites for hydroxylation is 2. The number of nitrogens with one attached hydrogen (secondary N) is 1. The lowest BCUT2D eigenvalue weighted by atomic mass is 10.1. The number of carbonyl (C=O) groups excluding carboxylic acids is 1. The number of nitrogen functional groups attached to an aromatic ring is 1. The summed E-state index contributed by atoms with van der Waals surface area (Å²) < 4.78 is 0. The van der Waals surface area contributed by atoms with E-state index >= 15 is 0 Å². The van der Waals surface area contributed by atoms with Crippen LogP contribution in [0.15, 0.2) is 36.4 Å². The van der Waals surface area contributed by atoms with Crippen molar-refractivity contribution in [3.63, 3.8) is 0 Å². The first-order valence-corrected chi connectivity index (χ1v) is 6.87. The Hall–Kier alpha value is -2.89. The number of carbonyl (C=O) groups is 1. The van der Waals surface area contributed by atoms with Crippen LogP contribution in [0, 0.1) is 17.0 Å². The highest BCUT2D eigenvalue weighted by Crippen LogP contribution is 2.25. The second-order valence-electron chi connectivity index (χ2n) is 4.95. The summed E-state index contributed by atoms with van der Waals surface area (Å²) in [5.74, 6) is -0.396. The Kier molecular flexibility index (Phi) is 4.41. The molecule has 3 N–H and O–H groups in total. The number of hydrogen-bond donors (Lipinski definition) is 2. The molecule has 2 aromatic carbocycles. The monoisotopic (exact) mass is 299 g/mol. The zero-order valence-electron chi connectivity index (χ0n) is 12.4. The van der Waals surface area contributed by atoms with Gasteiger partial charge in [0.2, 0.25) is 0 Å². The second kappa shape index (κ2) is 6.26. The van der Waals surface area contributed by atoms with E-state index in [0.29, 0.717) is 0 Å². The van der Waals surface area contributed by atoms with E-state index in [0.717, 1.165) is 23.2 Å². The maximum atomic E-state index is 12.3. The van der Waals surface area contributed by atoms with Gasteiger partial charge in [-0.15, -0.1) is 0 Å². The van der Waals surface area contributed by atoms with Gasteiger partial charge in [0.1, 0.15) is 5.69 Å². The van der Waals surface area contributed by atoms with Gasteiger partial charge in [0.15, 0.2) is 0 Å². The summed E-state index contributed by atoms with van der Waals surface area (Å²) >= 11 is 0. The summed E-state index contributed by atoms with van der Waals surface area (Å²) in [6.45, 7) is 3.90. The largest absolute Gasteiger partial charge is 0.393 e. The van der Waals surface area contributed by atoms with Crippen molar-refractivity contribution in [1.82, 2.24) is 0 Å². The highest BCUT2D eigenvalue weighted by molar-refractivity contribution is 6.05. The van der Waals surface area contributed by atoms with E-state index in [1.807, 2.05) is 32.0 Å². The molecule has 0 heterocycles. The summed E-state index contributed by atoms with van der Waals surface area (Å²) in [6, 6.07) is 9.80. The molecule has 0 atom stereocenters. The summed E-state index contributed by atoms with van der Waals surface area (Å²) in [7, 11) is 0. The van der Waals surface area contributed by atoms with Gasteiger partial charge in [-0.1, -0.05) is 25.1 Å². The van der Waals surface area contributed by atoms with Crippen LogP contribution in [0.1, 0.15) is 28.4 Å². The molecule has 0 saturated carbocycles. The summed E-state index contributed by atoms with van der Waals surface area (Å²) in [5, 5.41) is 13.7. The van der Waals surface area contributed by atoms with Crippen molar-refractivity contribution in [2.75, 3.05) is 11.1 Å². The number of hydrogen-bond acceptors (Lipinski definition) is 4. The minimum atomic E-state index is -0.600. The van der Waals surface area contributed by atoms with E-state index in [1.165, 1.54) is 18.2 Å². The van der Waals surface area contributed by atoms with Gasteiger partial charge < -0.3 is 11.1 Å². The quantitative estimate of drug-likeness (QED) is 0.514. The van der Waals surface area contributed by atoms with Gasteiger partial charge in [-0.05, 0) is 36.6 Å². The third kappa shape index (κ3) is 3.06. The molecule has 6 heteroatoms. The highest BCUT2D eigenvalue weighted by Gasteiger charge is 2.17. The van der Waals surface area contributed by atoms with Crippen molar-refractivity contribution < 1.29 is 9.72 Å². The predicted molar refractivity (Wildman–Crippen MR) is 86.0 cm³/mol. The van der Waals surface area contributed by atoms with Gasteiger partial charge in [0.05, 0.1) is 4.92 Å². The van der Waals surface area contributed by atoms with E-state index < -0.39 is 10.8 Å². The Labute approximate surface area is 128 Å². The molecule has 0 fully saturated rings. The smallest absolute Gasteiger partial charge is 0.292 e. The fraction of sp³-hybridized carbons (Fsp3) is 0.188. The molecule has 0 unspecified atom stereocenters. The van der Waals surface area contributed by atoms with E-state index in [2.05, 4.69) is 5.32 Å². The van der Waals surface area contributed by atoms with Crippen LogP contribution in [-0.4, -0.2) is 10.8 Å². The minimum absolute atomic E-state index is 0.0340. The number of amides is 1. The van der Waals surface area contributed by atoms with E-state index in [9.17, 15) is 14.9 Å². The average molecular weight is 299 g/mol. The molecule has 0 aliphatic heterocycles. The fourth-order valence-electron chi connectivity index (χ4n) is 2.23. The van der Waals surface area contributed by atoms with Gasteiger partial charge in [-0.25, -0.2) is 0 Å². The number of nitrogens with zero attached hydrogens (tertiary/aromatic N) is 1. The molecular formula is C16H17N3O3. The highest BCUT2D eigenvalue weighted by atomic mass is 16.6. The second-order valence-corrected chi connectivity index (χ2v) is 4.95. The average Bonchev–Trinajstić information content (AvgIpc) is 2.49. The lowest BCUT2D eigenvalue weighted by Gasteiger charge is -2.13. The Morgan fingerprint density at radius 1 is 1.32 bits per heavy atom. The molecule has 0 bridgehead atoms. The van der Waals surface area contributed by atoms with E-state index in [4.69, 9.17) is 5.73 Å². The number of benzene rings is 2. The predicted octanol–water partition coefficient (Wildman–Crippen LogP) is 3.30. The third-order valence-corrected chi connectivity index (χ3v) is 3.47. The van der Waals surface area contributed by atoms with E-state index in [1.54, 1.807) is 0 Å². The van der Waals surface area contributed by atoms with Crippen LogP contribution in [0.25, 0.3) is 0 Å². The maximum absolute atomic E-state index is 12.3. The maximum Gasteiger partial charge on any atom is 0.292 e. The van der Waals surface area contributed by atoms with Crippen LogP contribution in [0.3, 0.4) is 0 Å². The SMILES string of the molecule is CCc1cccc(C)c1NC(=O)c1ccc(N)c([N+](=O)[O-])c1. The zero-order chi connectivity index (χ0) is 16.3. The summed E-state index contributed by atoms with van der Waals surface area (Å²) in [6.07, 6.45) is 0.777. The van der Waals surface area contributed by atoms with Gasteiger partial charge in [0, 0.05) is 17.3 Å². The fourth-order valence-corrected chi connectivity index (χ4v) is 2.23. The topological polar surface area (TPSA) is 98.3 Å². The lowest BCUT2D eigenvalue weighted by Crippen LogP contribution is -2.14. The molecule has 22 heavy (non-hydrogen) atoms. The molecule has 114 valence electrons. The Morgan fingerprint density at radius 3 is 2.68 bits per heavy atom. The van der Waals surface area contributed by atoms with Crippen LogP contribution < -0.4 is 11.1 Å². The third-order valence-electron chi connectivity index (χ3n) is 3.47. The number of anilines is 2. The van der Waals surface area contributed by atoms with Crippen LogP contribution in [0.5, 0.6) is 0 Å². The van der Waals surface area contributed by atoms with Gasteiger partial charge >= 0.3 is 0 Å². The molecule has 1 amide bonds. The first kappa shape index (κ1) is 15.5. The molecule has 2 rings (SSSR count). The molecule has 0 radical (unpaired) electrons. The van der Waals surface area contributed by atoms with Crippen molar-refractivity contribution in [2.45, 2.75) is 20.3 Å². The van der Waals surface area contributed by atoms with Gasteiger partial charge in [0.25, 0.3) is 11.6 Å². The van der Waals surface area contributed by atoms with Crippen LogP contribution in [0.4, 0.5) is 17.1 Å². The molecule has 0 aliphatic carbocycles. The standard InChI is InChI=1S/C16H17N3O3/c1-3-11-6-4-5-10(2)15(11)18-16(20)12-7-8-13(17)14(9-12)19(21)22/h4-9H,3,17H2,1-2H3,(H,18,20). The first-order chi connectivity index (χ1) is 10.4. The summed E-state index contributed by atoms with van der Waals surface area (Å²) in [4.78, 5) is 22.6. The van der Waals surface area contributed by atoms with E-state index in [-0.39, 0.29) is 16.9 Å². The lowest BCUT2D eigenvalue weighted by molar-refractivity contribution is -0.383. The Bertz CT molecular complexity index is 741. The number of nitro benzene ring substituents is 1. The molecule has 2 aromatic rings. The van der Waals surface area contributed by atoms with Crippen molar-refractivity contribution in [3.8, 4) is 0 Å². The number of nitrogens with two attached hydrogens (primary N) is 1. The molecule has 0 spiro atoms. The Balaban J connectivity index is 2.34.